The molecule has 0 aliphatic carbocycles. The van der Waals surface area contributed by atoms with Gasteiger partial charge in [-0.05, 0) is 24.5 Å². The van der Waals surface area contributed by atoms with Crippen molar-refractivity contribution in [2.45, 2.75) is 38.0 Å². The van der Waals surface area contributed by atoms with Gasteiger partial charge in [0.15, 0.2) is 0 Å². The Morgan fingerprint density at radius 3 is 2.92 bits per heavy atom. The highest BCUT2D eigenvalue weighted by atomic mass is 16.5. The van der Waals surface area contributed by atoms with E-state index in [-0.39, 0.29) is 30.5 Å². The molecule has 5 rings (SSSR count). The molecule has 2 saturated heterocycles. The predicted molar refractivity (Wildman–Crippen MR) is 91.9 cm³/mol. The normalized spacial score (nSPS) is 26.2. The molecule has 4 heterocycles. The van der Waals surface area contributed by atoms with Crippen LogP contribution in [0.25, 0.3) is 10.9 Å². The molecular weight excluding hydrogens is 318 g/mol. The highest BCUT2D eigenvalue weighted by molar-refractivity contribution is 5.96. The maximum Gasteiger partial charge on any atom is 0.246 e. The molecule has 1 N–H and O–H groups in total. The SMILES string of the molecule is O=C1[C@@H]2Cc3c([nH]c4ccccc34)CN2C(=O)CN1C[C@@H]1CCCO1. The summed E-state index contributed by atoms with van der Waals surface area (Å²) in [5.74, 6) is 0.0953. The summed E-state index contributed by atoms with van der Waals surface area (Å²) in [6, 6.07) is 7.76. The lowest BCUT2D eigenvalue weighted by molar-refractivity contribution is -0.158. The third kappa shape index (κ3) is 2.35. The Bertz CT molecular complexity index is 853. The van der Waals surface area contributed by atoms with Crippen LogP contribution in [0.15, 0.2) is 24.3 Å². The fourth-order valence-electron chi connectivity index (χ4n) is 4.42. The van der Waals surface area contributed by atoms with Gasteiger partial charge in [-0.15, -0.1) is 0 Å². The first-order valence-electron chi connectivity index (χ1n) is 8.99. The molecule has 25 heavy (non-hydrogen) atoms. The van der Waals surface area contributed by atoms with Crippen LogP contribution in [0.5, 0.6) is 0 Å². The number of fused-ring (bicyclic) bond motifs is 4. The Balaban J connectivity index is 1.45. The number of rotatable bonds is 2. The first-order chi connectivity index (χ1) is 12.2. The summed E-state index contributed by atoms with van der Waals surface area (Å²) in [5, 5.41) is 1.16. The molecule has 2 atom stereocenters. The van der Waals surface area contributed by atoms with Crippen LogP contribution >= 0.6 is 0 Å². The molecule has 6 heteroatoms. The number of hydrogen-bond acceptors (Lipinski definition) is 3. The lowest BCUT2D eigenvalue weighted by atomic mass is 9.94. The Morgan fingerprint density at radius 2 is 2.08 bits per heavy atom. The molecule has 0 unspecified atom stereocenters. The first kappa shape index (κ1) is 15.0. The van der Waals surface area contributed by atoms with Crippen molar-refractivity contribution >= 4 is 22.7 Å². The minimum Gasteiger partial charge on any atom is -0.376 e. The maximum absolute atomic E-state index is 13.0. The first-order valence-corrected chi connectivity index (χ1v) is 8.99. The third-order valence-electron chi connectivity index (χ3n) is 5.70. The molecular formula is C19H21N3O3. The number of ether oxygens (including phenoxy) is 1. The molecule has 3 aliphatic rings. The summed E-state index contributed by atoms with van der Waals surface area (Å²) in [6.45, 7) is 1.96. The molecule has 2 fully saturated rings. The number of benzene rings is 1. The smallest absolute Gasteiger partial charge is 0.246 e. The summed E-state index contributed by atoms with van der Waals surface area (Å²) in [4.78, 5) is 32.6. The van der Waals surface area contributed by atoms with Crippen molar-refractivity contribution in [3.8, 4) is 0 Å². The molecule has 1 aromatic heterocycles. The third-order valence-corrected chi connectivity index (χ3v) is 5.70. The number of para-hydroxylation sites is 1. The van der Waals surface area contributed by atoms with Crippen molar-refractivity contribution in [1.29, 1.82) is 0 Å². The van der Waals surface area contributed by atoms with Crippen LogP contribution in [-0.4, -0.2) is 58.4 Å². The standard InChI is InChI=1S/C19H21N3O3/c23-18-11-21(9-12-4-3-7-25-12)19(24)17-8-14-13-5-1-2-6-15(13)20-16(14)10-22(17)18/h1-2,5-6,12,17,20H,3-4,7-11H2/t12-,17-/m0/s1. The zero-order valence-corrected chi connectivity index (χ0v) is 14.0. The molecule has 0 saturated carbocycles. The molecule has 2 amide bonds. The summed E-state index contributed by atoms with van der Waals surface area (Å²) >= 11 is 0. The van der Waals surface area contributed by atoms with Crippen LogP contribution in [0.4, 0.5) is 0 Å². The summed E-state index contributed by atoms with van der Waals surface area (Å²) < 4.78 is 5.65. The topological polar surface area (TPSA) is 65.6 Å². The summed E-state index contributed by atoms with van der Waals surface area (Å²) in [5.41, 5.74) is 3.31. The van der Waals surface area contributed by atoms with Gasteiger partial charge in [0.1, 0.15) is 6.04 Å². The van der Waals surface area contributed by atoms with E-state index in [1.807, 2.05) is 18.2 Å². The largest absolute Gasteiger partial charge is 0.376 e. The fourth-order valence-corrected chi connectivity index (χ4v) is 4.42. The van der Waals surface area contributed by atoms with E-state index in [0.717, 1.165) is 36.0 Å². The predicted octanol–water partition coefficient (Wildman–Crippen LogP) is 1.44. The van der Waals surface area contributed by atoms with Gasteiger partial charge < -0.3 is 19.5 Å². The minimum atomic E-state index is -0.380. The van der Waals surface area contributed by atoms with Crippen molar-refractivity contribution in [3.05, 3.63) is 35.5 Å². The second-order valence-electron chi connectivity index (χ2n) is 7.22. The molecule has 1 aromatic carbocycles. The number of aromatic amines is 1. The van der Waals surface area contributed by atoms with E-state index in [1.54, 1.807) is 9.80 Å². The molecule has 2 aromatic rings. The lowest BCUT2D eigenvalue weighted by Crippen LogP contribution is -2.62. The van der Waals surface area contributed by atoms with Crippen molar-refractivity contribution in [2.24, 2.45) is 0 Å². The van der Waals surface area contributed by atoms with Gasteiger partial charge in [-0.25, -0.2) is 0 Å². The monoisotopic (exact) mass is 339 g/mol. The molecule has 0 bridgehead atoms. The van der Waals surface area contributed by atoms with Crippen LogP contribution in [0, 0.1) is 0 Å². The number of carbonyl (C=O) groups is 2. The minimum absolute atomic E-state index is 0.0342. The van der Waals surface area contributed by atoms with Gasteiger partial charge >= 0.3 is 0 Å². The molecule has 0 spiro atoms. The van der Waals surface area contributed by atoms with E-state index >= 15 is 0 Å². The van der Waals surface area contributed by atoms with Crippen molar-refractivity contribution in [3.63, 3.8) is 0 Å². The quantitative estimate of drug-likeness (QED) is 0.900. The van der Waals surface area contributed by atoms with Gasteiger partial charge in [0.25, 0.3) is 0 Å². The Labute approximate surface area is 145 Å². The number of H-pyrrole nitrogens is 1. The highest BCUT2D eigenvalue weighted by Crippen LogP contribution is 2.32. The Morgan fingerprint density at radius 1 is 1.20 bits per heavy atom. The van der Waals surface area contributed by atoms with E-state index in [9.17, 15) is 9.59 Å². The Kier molecular flexibility index (Phi) is 3.35. The van der Waals surface area contributed by atoms with Gasteiger partial charge in [-0.1, -0.05) is 18.2 Å². The molecule has 0 radical (unpaired) electrons. The van der Waals surface area contributed by atoms with Crippen LogP contribution in [0.2, 0.25) is 0 Å². The van der Waals surface area contributed by atoms with E-state index in [2.05, 4.69) is 11.1 Å². The number of nitrogens with one attached hydrogen (secondary N) is 1. The maximum atomic E-state index is 13.0. The van der Waals surface area contributed by atoms with Crippen molar-refractivity contribution < 1.29 is 14.3 Å². The molecule has 6 nitrogen and oxygen atoms in total. The lowest BCUT2D eigenvalue weighted by Gasteiger charge is -2.43. The van der Waals surface area contributed by atoms with Crippen LogP contribution < -0.4 is 0 Å². The number of nitrogens with zero attached hydrogens (tertiary/aromatic N) is 2. The Hall–Kier alpha value is -2.34. The van der Waals surface area contributed by atoms with Crippen molar-refractivity contribution in [2.75, 3.05) is 19.7 Å². The van der Waals surface area contributed by atoms with Gasteiger partial charge in [0, 0.05) is 36.2 Å². The van der Waals surface area contributed by atoms with E-state index in [0.29, 0.717) is 19.5 Å². The number of amides is 2. The van der Waals surface area contributed by atoms with Crippen LogP contribution in [0.1, 0.15) is 24.1 Å². The molecule has 130 valence electrons. The van der Waals surface area contributed by atoms with E-state index in [1.165, 1.54) is 5.56 Å². The summed E-state index contributed by atoms with van der Waals surface area (Å²) in [7, 11) is 0. The van der Waals surface area contributed by atoms with E-state index < -0.39 is 0 Å². The summed E-state index contributed by atoms with van der Waals surface area (Å²) in [6.07, 6.45) is 2.68. The van der Waals surface area contributed by atoms with Gasteiger partial charge in [-0.3, -0.25) is 9.59 Å². The number of piperazine rings is 1. The molecule has 3 aliphatic heterocycles. The van der Waals surface area contributed by atoms with Gasteiger partial charge in [-0.2, -0.15) is 0 Å². The van der Waals surface area contributed by atoms with Crippen LogP contribution in [0.3, 0.4) is 0 Å². The second kappa shape index (κ2) is 5.59. The zero-order chi connectivity index (χ0) is 17.0. The van der Waals surface area contributed by atoms with Crippen molar-refractivity contribution in [1.82, 2.24) is 14.8 Å². The number of hydrogen-bond donors (Lipinski definition) is 1. The van der Waals surface area contributed by atoms with Crippen LogP contribution in [-0.2, 0) is 27.3 Å². The van der Waals surface area contributed by atoms with E-state index in [4.69, 9.17) is 4.74 Å². The second-order valence-corrected chi connectivity index (χ2v) is 7.22. The number of aromatic nitrogens is 1. The zero-order valence-electron chi connectivity index (χ0n) is 14.0. The average Bonchev–Trinajstić information content (AvgIpc) is 3.25. The number of carbonyl (C=O) groups excluding carboxylic acids is 2. The van der Waals surface area contributed by atoms with Gasteiger partial charge in [0.05, 0.1) is 19.2 Å². The highest BCUT2D eigenvalue weighted by Gasteiger charge is 2.43. The average molecular weight is 339 g/mol. The van der Waals surface area contributed by atoms with Gasteiger partial charge in [0.2, 0.25) is 11.8 Å². The fraction of sp³-hybridized carbons (Fsp3) is 0.474.